The maximum atomic E-state index is 12.8. The molecule has 1 heterocycles. The highest BCUT2D eigenvalue weighted by Crippen LogP contribution is 2.20. The van der Waals surface area contributed by atoms with Crippen LogP contribution in [0.2, 0.25) is 5.02 Å². The van der Waals surface area contributed by atoms with Crippen LogP contribution in [0.4, 0.5) is 15.9 Å². The number of benzene rings is 1. The molecule has 2 N–H and O–H groups in total. The fourth-order valence-corrected chi connectivity index (χ4v) is 1.88. The van der Waals surface area contributed by atoms with Crippen LogP contribution in [0.15, 0.2) is 36.5 Å². The molecule has 2 rings (SSSR count). The minimum Gasteiger partial charge on any atom is -0.370 e. The average molecular weight is 308 g/mol. The van der Waals surface area contributed by atoms with Crippen molar-refractivity contribution in [1.82, 2.24) is 4.98 Å². The first kappa shape index (κ1) is 15.3. The van der Waals surface area contributed by atoms with Crippen molar-refractivity contribution in [3.05, 3.63) is 52.9 Å². The Morgan fingerprint density at radius 3 is 2.71 bits per heavy atom. The van der Waals surface area contributed by atoms with Crippen LogP contribution in [0, 0.1) is 5.82 Å². The van der Waals surface area contributed by atoms with Crippen molar-refractivity contribution in [2.45, 2.75) is 13.3 Å². The van der Waals surface area contributed by atoms with Crippen LogP contribution in [0.5, 0.6) is 0 Å². The maximum absolute atomic E-state index is 12.8. The standard InChI is InChI=1S/C15H15ClFN3O/c1-2-7-18-14-8-12(13(16)9-19-14)15(21)20-11-5-3-10(17)4-6-11/h3-6,8-9H,2,7H2,1H3,(H,18,19)(H,20,21). The molecule has 0 bridgehead atoms. The topological polar surface area (TPSA) is 54.0 Å². The Labute approximate surface area is 127 Å². The van der Waals surface area contributed by atoms with E-state index in [4.69, 9.17) is 11.6 Å². The predicted molar refractivity (Wildman–Crippen MR) is 82.4 cm³/mol. The molecule has 0 atom stereocenters. The van der Waals surface area contributed by atoms with Crippen molar-refractivity contribution in [3.63, 3.8) is 0 Å². The number of pyridine rings is 1. The fraction of sp³-hybridized carbons (Fsp3) is 0.200. The minimum absolute atomic E-state index is 0.261. The summed E-state index contributed by atoms with van der Waals surface area (Å²) in [6, 6.07) is 7.12. The van der Waals surface area contributed by atoms with Crippen molar-refractivity contribution in [1.29, 1.82) is 0 Å². The van der Waals surface area contributed by atoms with E-state index in [-0.39, 0.29) is 16.7 Å². The van der Waals surface area contributed by atoms with Gasteiger partial charge in [-0.1, -0.05) is 18.5 Å². The Balaban J connectivity index is 2.15. The van der Waals surface area contributed by atoms with E-state index in [2.05, 4.69) is 15.6 Å². The Morgan fingerprint density at radius 2 is 2.05 bits per heavy atom. The number of halogens is 2. The second-order valence-electron chi connectivity index (χ2n) is 4.44. The lowest BCUT2D eigenvalue weighted by molar-refractivity contribution is 0.102. The summed E-state index contributed by atoms with van der Waals surface area (Å²) in [5, 5.41) is 6.01. The Hall–Kier alpha value is -2.14. The highest BCUT2D eigenvalue weighted by atomic mass is 35.5. The number of rotatable bonds is 5. The molecule has 0 fully saturated rings. The first-order valence-corrected chi connectivity index (χ1v) is 6.94. The third-order valence-corrected chi connectivity index (χ3v) is 3.06. The molecule has 0 aliphatic carbocycles. The zero-order chi connectivity index (χ0) is 15.2. The molecule has 110 valence electrons. The van der Waals surface area contributed by atoms with E-state index in [1.165, 1.54) is 30.5 Å². The summed E-state index contributed by atoms with van der Waals surface area (Å²) < 4.78 is 12.8. The highest BCUT2D eigenvalue weighted by molar-refractivity contribution is 6.34. The quantitative estimate of drug-likeness (QED) is 0.879. The lowest BCUT2D eigenvalue weighted by Gasteiger charge is -2.09. The number of aromatic nitrogens is 1. The zero-order valence-corrected chi connectivity index (χ0v) is 12.2. The van der Waals surface area contributed by atoms with Gasteiger partial charge in [-0.05, 0) is 36.8 Å². The van der Waals surface area contributed by atoms with Gasteiger partial charge >= 0.3 is 0 Å². The number of nitrogens with one attached hydrogen (secondary N) is 2. The van der Waals surface area contributed by atoms with Crippen LogP contribution >= 0.6 is 11.6 Å². The smallest absolute Gasteiger partial charge is 0.257 e. The summed E-state index contributed by atoms with van der Waals surface area (Å²) in [5.41, 5.74) is 0.812. The molecule has 1 aromatic carbocycles. The molecule has 0 saturated carbocycles. The molecule has 21 heavy (non-hydrogen) atoms. The minimum atomic E-state index is -0.367. The van der Waals surface area contributed by atoms with Gasteiger partial charge in [-0.25, -0.2) is 9.37 Å². The largest absolute Gasteiger partial charge is 0.370 e. The summed E-state index contributed by atoms with van der Waals surface area (Å²) >= 11 is 6.01. The molecule has 1 amide bonds. The lowest BCUT2D eigenvalue weighted by Crippen LogP contribution is -2.13. The van der Waals surface area contributed by atoms with Gasteiger partial charge in [0.2, 0.25) is 0 Å². The van der Waals surface area contributed by atoms with E-state index < -0.39 is 0 Å². The van der Waals surface area contributed by atoms with Crippen LogP contribution in [-0.2, 0) is 0 Å². The molecule has 0 aliphatic rings. The SMILES string of the molecule is CCCNc1cc(C(=O)Nc2ccc(F)cc2)c(Cl)cn1. The summed E-state index contributed by atoms with van der Waals surface area (Å²) in [4.78, 5) is 16.3. The van der Waals surface area contributed by atoms with Gasteiger partial charge in [0.25, 0.3) is 5.91 Å². The normalized spacial score (nSPS) is 10.2. The van der Waals surface area contributed by atoms with E-state index in [9.17, 15) is 9.18 Å². The van der Waals surface area contributed by atoms with Gasteiger partial charge in [0.1, 0.15) is 11.6 Å². The number of anilines is 2. The molecular weight excluding hydrogens is 293 g/mol. The van der Waals surface area contributed by atoms with Gasteiger partial charge in [0, 0.05) is 18.4 Å². The van der Waals surface area contributed by atoms with Crippen LogP contribution in [-0.4, -0.2) is 17.4 Å². The van der Waals surface area contributed by atoms with E-state index in [0.29, 0.717) is 17.1 Å². The first-order chi connectivity index (χ1) is 10.1. The van der Waals surface area contributed by atoms with Crippen LogP contribution in [0.3, 0.4) is 0 Å². The molecule has 0 aliphatic heterocycles. The Bertz CT molecular complexity index is 631. The molecule has 1 aromatic heterocycles. The third kappa shape index (κ3) is 4.16. The molecule has 6 heteroatoms. The number of nitrogens with zero attached hydrogens (tertiary/aromatic N) is 1. The lowest BCUT2D eigenvalue weighted by atomic mass is 10.2. The number of hydrogen-bond acceptors (Lipinski definition) is 3. The van der Waals surface area contributed by atoms with Gasteiger partial charge in [0.05, 0.1) is 10.6 Å². The van der Waals surface area contributed by atoms with Crippen LogP contribution < -0.4 is 10.6 Å². The van der Waals surface area contributed by atoms with Crippen LogP contribution in [0.25, 0.3) is 0 Å². The van der Waals surface area contributed by atoms with Crippen molar-refractivity contribution in [3.8, 4) is 0 Å². The Kier molecular flexibility index (Phi) is 5.11. The number of carbonyl (C=O) groups excluding carboxylic acids is 1. The van der Waals surface area contributed by atoms with E-state index in [1.807, 2.05) is 6.92 Å². The average Bonchev–Trinajstić information content (AvgIpc) is 2.48. The van der Waals surface area contributed by atoms with Gasteiger partial charge in [-0.2, -0.15) is 0 Å². The molecule has 4 nitrogen and oxygen atoms in total. The van der Waals surface area contributed by atoms with Crippen molar-refractivity contribution >= 4 is 29.0 Å². The van der Waals surface area contributed by atoms with Gasteiger partial charge in [-0.3, -0.25) is 4.79 Å². The summed E-state index contributed by atoms with van der Waals surface area (Å²) in [6.07, 6.45) is 2.38. The molecule has 0 unspecified atom stereocenters. The molecular formula is C15H15ClFN3O. The molecule has 0 radical (unpaired) electrons. The monoisotopic (exact) mass is 307 g/mol. The van der Waals surface area contributed by atoms with Gasteiger partial charge < -0.3 is 10.6 Å². The Morgan fingerprint density at radius 1 is 1.33 bits per heavy atom. The first-order valence-electron chi connectivity index (χ1n) is 6.56. The fourth-order valence-electron chi connectivity index (χ4n) is 1.69. The second-order valence-corrected chi connectivity index (χ2v) is 4.84. The maximum Gasteiger partial charge on any atom is 0.257 e. The number of hydrogen-bond donors (Lipinski definition) is 2. The second kappa shape index (κ2) is 7.04. The summed E-state index contributed by atoms with van der Waals surface area (Å²) in [5.74, 6) is -0.139. The number of carbonyl (C=O) groups is 1. The van der Waals surface area contributed by atoms with Gasteiger partial charge in [-0.15, -0.1) is 0 Å². The van der Waals surface area contributed by atoms with Crippen molar-refractivity contribution in [2.24, 2.45) is 0 Å². The number of amides is 1. The van der Waals surface area contributed by atoms with Crippen molar-refractivity contribution in [2.75, 3.05) is 17.2 Å². The van der Waals surface area contributed by atoms with E-state index >= 15 is 0 Å². The summed E-state index contributed by atoms with van der Waals surface area (Å²) in [7, 11) is 0. The molecule has 0 spiro atoms. The highest BCUT2D eigenvalue weighted by Gasteiger charge is 2.12. The van der Waals surface area contributed by atoms with Gasteiger partial charge in [0.15, 0.2) is 0 Å². The van der Waals surface area contributed by atoms with E-state index in [1.54, 1.807) is 6.07 Å². The van der Waals surface area contributed by atoms with Crippen LogP contribution in [0.1, 0.15) is 23.7 Å². The zero-order valence-electron chi connectivity index (χ0n) is 11.5. The van der Waals surface area contributed by atoms with Crippen molar-refractivity contribution < 1.29 is 9.18 Å². The summed E-state index contributed by atoms with van der Waals surface area (Å²) in [6.45, 7) is 2.79. The van der Waals surface area contributed by atoms with E-state index in [0.717, 1.165) is 13.0 Å². The predicted octanol–water partition coefficient (Wildman–Crippen LogP) is 3.95. The molecule has 0 saturated heterocycles. The molecule has 2 aromatic rings. The third-order valence-electron chi connectivity index (χ3n) is 2.76.